The smallest absolute Gasteiger partial charge is 0.433 e. The molecule has 1 amide bonds. The summed E-state index contributed by atoms with van der Waals surface area (Å²) in [7, 11) is 1.31. The van der Waals surface area contributed by atoms with Gasteiger partial charge in [-0.25, -0.2) is 19.6 Å². The number of rotatable bonds is 8. The summed E-state index contributed by atoms with van der Waals surface area (Å²) in [5.41, 5.74) is -2.66. The zero-order valence-corrected chi connectivity index (χ0v) is 24.2. The maximum absolute atomic E-state index is 13.4. The molecule has 1 aromatic carbocycles. The molecule has 0 bridgehead atoms. The van der Waals surface area contributed by atoms with Crippen LogP contribution in [0, 0.1) is 0 Å². The number of methoxy groups -OCH3 is 1. The van der Waals surface area contributed by atoms with E-state index in [2.05, 4.69) is 15.3 Å². The largest absolute Gasteiger partial charge is 0.494 e. The molecular weight excluding hydrogens is 547 g/mol. The normalized spacial score (nSPS) is 13.1. The molecule has 10 nitrogen and oxygen atoms in total. The van der Waals surface area contributed by atoms with Gasteiger partial charge in [-0.1, -0.05) is 0 Å². The number of halogens is 3. The Bertz CT molecular complexity index is 1410. The number of oxazole rings is 1. The molecule has 3 rings (SSSR count). The Morgan fingerprint density at radius 2 is 1.68 bits per heavy atom. The van der Waals surface area contributed by atoms with Gasteiger partial charge in [0.2, 0.25) is 5.89 Å². The molecule has 13 heteroatoms. The van der Waals surface area contributed by atoms with Gasteiger partial charge < -0.3 is 28.7 Å². The molecule has 0 spiro atoms. The molecule has 1 atom stereocenters. The van der Waals surface area contributed by atoms with E-state index in [0.717, 1.165) is 6.07 Å². The predicted molar refractivity (Wildman–Crippen MR) is 143 cm³/mol. The lowest BCUT2D eigenvalue weighted by Crippen LogP contribution is -2.38. The maximum atomic E-state index is 13.4. The van der Waals surface area contributed by atoms with Crippen molar-refractivity contribution in [2.45, 2.75) is 71.9 Å². The van der Waals surface area contributed by atoms with Gasteiger partial charge in [0.15, 0.2) is 11.5 Å². The average molecular weight is 582 g/mol. The molecule has 2 aromatic heterocycles. The Balaban J connectivity index is 2.20. The standard InChI is InChI=1S/C28H34F3N3O7/c1-9-38-24(35)21-22(17(14-39-26(2,3)4)32-25(36)41-27(5,6)7)40-23(34-21)16-10-12-18(37-8)20-15(16)11-13-19(33-20)28(29,30)31/h10-13,17H,9,14H2,1-8H3,(H,32,36). The van der Waals surface area contributed by atoms with Crippen LogP contribution in [0.3, 0.4) is 0 Å². The van der Waals surface area contributed by atoms with Crippen molar-refractivity contribution in [2.24, 2.45) is 0 Å². The number of pyridine rings is 1. The van der Waals surface area contributed by atoms with Crippen LogP contribution in [0.2, 0.25) is 0 Å². The van der Waals surface area contributed by atoms with E-state index in [0.29, 0.717) is 0 Å². The number of hydrogen-bond acceptors (Lipinski definition) is 9. The molecule has 3 aromatic rings. The molecule has 0 aliphatic heterocycles. The van der Waals surface area contributed by atoms with Crippen molar-refractivity contribution in [3.05, 3.63) is 41.4 Å². The van der Waals surface area contributed by atoms with E-state index in [1.807, 2.05) is 0 Å². The Labute approximate surface area is 235 Å². The molecule has 0 fully saturated rings. The predicted octanol–water partition coefficient (Wildman–Crippen LogP) is 6.47. The highest BCUT2D eigenvalue weighted by Gasteiger charge is 2.35. The number of nitrogens with zero attached hydrogens (tertiary/aromatic N) is 2. The van der Waals surface area contributed by atoms with Crippen LogP contribution in [0.15, 0.2) is 28.7 Å². The van der Waals surface area contributed by atoms with Crippen molar-refractivity contribution in [2.75, 3.05) is 20.3 Å². The number of hydrogen-bond donors (Lipinski definition) is 1. The van der Waals surface area contributed by atoms with Crippen LogP contribution >= 0.6 is 0 Å². The van der Waals surface area contributed by atoms with E-state index in [9.17, 15) is 22.8 Å². The van der Waals surface area contributed by atoms with Gasteiger partial charge in [0.25, 0.3) is 0 Å². The fourth-order valence-corrected chi connectivity index (χ4v) is 3.70. The molecule has 1 unspecified atom stereocenters. The molecule has 0 saturated heterocycles. The van der Waals surface area contributed by atoms with Gasteiger partial charge in [-0.15, -0.1) is 0 Å². The summed E-state index contributed by atoms with van der Waals surface area (Å²) in [5, 5.41) is 2.88. The SMILES string of the molecule is CCOC(=O)c1nc(-c2ccc(OC)c3nc(C(F)(F)F)ccc23)oc1C(COC(C)(C)C)NC(=O)OC(C)(C)C. The van der Waals surface area contributed by atoms with Crippen LogP contribution in [-0.2, 0) is 20.4 Å². The second-order valence-corrected chi connectivity index (χ2v) is 11.0. The third-order valence-corrected chi connectivity index (χ3v) is 5.37. The Morgan fingerprint density at radius 1 is 1.00 bits per heavy atom. The first-order valence-electron chi connectivity index (χ1n) is 12.8. The number of alkyl halides is 3. The van der Waals surface area contributed by atoms with E-state index in [1.54, 1.807) is 48.5 Å². The summed E-state index contributed by atoms with van der Waals surface area (Å²) >= 11 is 0. The molecule has 1 N–H and O–H groups in total. The van der Waals surface area contributed by atoms with Crippen LogP contribution in [0.1, 0.15) is 76.5 Å². The summed E-state index contributed by atoms with van der Waals surface area (Å²) in [6, 6.07) is 3.92. The fourth-order valence-electron chi connectivity index (χ4n) is 3.70. The number of carbonyl (C=O) groups excluding carboxylic acids is 2. The summed E-state index contributed by atoms with van der Waals surface area (Å²) in [6.07, 6.45) is -5.48. The van der Waals surface area contributed by atoms with Crippen molar-refractivity contribution in [3.63, 3.8) is 0 Å². The summed E-state index contributed by atoms with van der Waals surface area (Å²) < 4.78 is 67.9. The molecule has 0 saturated carbocycles. The summed E-state index contributed by atoms with van der Waals surface area (Å²) in [6.45, 7) is 12.0. The number of esters is 1. The second-order valence-electron chi connectivity index (χ2n) is 11.0. The van der Waals surface area contributed by atoms with Crippen LogP contribution < -0.4 is 10.1 Å². The van der Waals surface area contributed by atoms with Gasteiger partial charge in [-0.3, -0.25) is 0 Å². The monoisotopic (exact) mass is 581 g/mol. The van der Waals surface area contributed by atoms with Gasteiger partial charge in [0.1, 0.15) is 28.6 Å². The van der Waals surface area contributed by atoms with E-state index < -0.39 is 41.2 Å². The minimum Gasteiger partial charge on any atom is -0.494 e. The highest BCUT2D eigenvalue weighted by atomic mass is 19.4. The van der Waals surface area contributed by atoms with Crippen molar-refractivity contribution in [3.8, 4) is 17.2 Å². The molecular formula is C28H34F3N3O7. The Hall–Kier alpha value is -3.87. The molecule has 0 aliphatic rings. The van der Waals surface area contributed by atoms with Gasteiger partial charge in [-0.2, -0.15) is 13.2 Å². The maximum Gasteiger partial charge on any atom is 0.433 e. The minimum atomic E-state index is -4.68. The Morgan fingerprint density at radius 3 is 2.24 bits per heavy atom. The fraction of sp³-hybridized carbons (Fsp3) is 0.500. The first-order valence-corrected chi connectivity index (χ1v) is 12.8. The average Bonchev–Trinajstić information content (AvgIpc) is 3.28. The van der Waals surface area contributed by atoms with E-state index in [4.69, 9.17) is 23.4 Å². The minimum absolute atomic E-state index is 0.0265. The van der Waals surface area contributed by atoms with E-state index in [-0.39, 0.29) is 52.8 Å². The third-order valence-electron chi connectivity index (χ3n) is 5.37. The van der Waals surface area contributed by atoms with Crippen molar-refractivity contribution >= 4 is 23.0 Å². The van der Waals surface area contributed by atoms with Crippen LogP contribution in [-0.4, -0.2) is 53.6 Å². The highest BCUT2D eigenvalue weighted by Crippen LogP contribution is 2.38. The number of benzene rings is 1. The number of nitrogens with one attached hydrogen (secondary N) is 1. The molecule has 41 heavy (non-hydrogen) atoms. The molecule has 0 radical (unpaired) electrons. The number of fused-ring (bicyclic) bond motifs is 1. The van der Waals surface area contributed by atoms with Gasteiger partial charge in [-0.05, 0) is 72.7 Å². The third kappa shape index (κ3) is 8.09. The number of aromatic nitrogens is 2. The first kappa shape index (κ1) is 31.7. The number of carbonyl (C=O) groups is 2. The van der Waals surface area contributed by atoms with Crippen LogP contribution in [0.4, 0.5) is 18.0 Å². The summed E-state index contributed by atoms with van der Waals surface area (Å²) in [5.74, 6) is -0.948. The van der Waals surface area contributed by atoms with Crippen LogP contribution in [0.5, 0.6) is 5.75 Å². The van der Waals surface area contributed by atoms with E-state index in [1.165, 1.54) is 25.3 Å². The molecule has 0 aliphatic carbocycles. The number of amides is 1. The highest BCUT2D eigenvalue weighted by molar-refractivity contribution is 5.97. The molecule has 2 heterocycles. The Kier molecular flexibility index (Phi) is 9.21. The molecule has 224 valence electrons. The van der Waals surface area contributed by atoms with Gasteiger partial charge in [0, 0.05) is 10.9 Å². The summed E-state index contributed by atoms with van der Waals surface area (Å²) in [4.78, 5) is 33.8. The van der Waals surface area contributed by atoms with Gasteiger partial charge >= 0.3 is 18.2 Å². The first-order chi connectivity index (χ1) is 18.9. The van der Waals surface area contributed by atoms with Crippen molar-refractivity contribution < 1.29 is 46.1 Å². The number of ether oxygens (including phenoxy) is 4. The lowest BCUT2D eigenvalue weighted by molar-refractivity contribution is -0.140. The van der Waals surface area contributed by atoms with Crippen molar-refractivity contribution in [1.29, 1.82) is 0 Å². The van der Waals surface area contributed by atoms with Crippen LogP contribution in [0.25, 0.3) is 22.4 Å². The second kappa shape index (κ2) is 11.9. The zero-order valence-electron chi connectivity index (χ0n) is 24.2. The van der Waals surface area contributed by atoms with E-state index >= 15 is 0 Å². The topological polar surface area (TPSA) is 122 Å². The van der Waals surface area contributed by atoms with Gasteiger partial charge in [0.05, 0.1) is 25.9 Å². The van der Waals surface area contributed by atoms with Crippen molar-refractivity contribution in [1.82, 2.24) is 15.3 Å². The quantitative estimate of drug-likeness (QED) is 0.298. The number of alkyl carbamates (subject to hydrolysis) is 1. The lowest BCUT2D eigenvalue weighted by Gasteiger charge is -2.26. The zero-order chi connectivity index (χ0) is 30.8. The lowest BCUT2D eigenvalue weighted by atomic mass is 10.1.